The first-order chi connectivity index (χ1) is 13.1. The van der Waals surface area contributed by atoms with Crippen molar-refractivity contribution in [1.29, 1.82) is 0 Å². The van der Waals surface area contributed by atoms with E-state index in [2.05, 4.69) is 20.6 Å². The average Bonchev–Trinajstić information content (AvgIpc) is 2.90. The number of nitrogens with one attached hydrogen (secondary N) is 2. The number of aromatic nitrogens is 2. The first-order valence-electron chi connectivity index (χ1n) is 9.75. The molecule has 144 valence electrons. The number of hydrogen-bond donors (Lipinski definition) is 2. The van der Waals surface area contributed by atoms with Crippen molar-refractivity contribution in [2.45, 2.75) is 57.9 Å². The van der Waals surface area contributed by atoms with Gasteiger partial charge in [0.15, 0.2) is 0 Å². The maximum Gasteiger partial charge on any atom is 0.270 e. The van der Waals surface area contributed by atoms with Crippen molar-refractivity contribution >= 4 is 23.3 Å². The summed E-state index contributed by atoms with van der Waals surface area (Å²) >= 11 is 6.02. The van der Waals surface area contributed by atoms with Crippen LogP contribution in [-0.2, 0) is 6.42 Å². The fraction of sp³-hybridized carbons (Fsp3) is 0.476. The zero-order valence-corrected chi connectivity index (χ0v) is 16.6. The molecular weight excluding hydrogens is 360 g/mol. The lowest BCUT2D eigenvalue weighted by Crippen LogP contribution is -2.35. The van der Waals surface area contributed by atoms with Gasteiger partial charge < -0.3 is 10.6 Å². The predicted molar refractivity (Wildman–Crippen MR) is 109 cm³/mol. The summed E-state index contributed by atoms with van der Waals surface area (Å²) in [4.78, 5) is 21.3. The van der Waals surface area contributed by atoms with Crippen LogP contribution in [0.2, 0.25) is 5.02 Å². The third-order valence-electron chi connectivity index (χ3n) is 4.87. The van der Waals surface area contributed by atoms with E-state index in [0.29, 0.717) is 23.9 Å². The van der Waals surface area contributed by atoms with Gasteiger partial charge in [-0.15, -0.1) is 0 Å². The van der Waals surface area contributed by atoms with E-state index in [4.69, 9.17) is 11.6 Å². The zero-order chi connectivity index (χ0) is 19.1. The van der Waals surface area contributed by atoms with Crippen LogP contribution in [0.4, 0.5) is 5.82 Å². The molecule has 0 atom stereocenters. The normalized spacial score (nSPS) is 15.2. The largest absolute Gasteiger partial charge is 0.370 e. The molecule has 1 amide bonds. The molecule has 3 rings (SSSR count). The molecule has 27 heavy (non-hydrogen) atoms. The van der Waals surface area contributed by atoms with Crippen molar-refractivity contribution in [3.8, 4) is 0 Å². The Morgan fingerprint density at radius 3 is 2.67 bits per heavy atom. The van der Waals surface area contributed by atoms with Gasteiger partial charge in [0, 0.05) is 23.7 Å². The van der Waals surface area contributed by atoms with Gasteiger partial charge in [0.25, 0.3) is 5.91 Å². The average molecular weight is 387 g/mol. The number of carbonyl (C=O) groups excluding carboxylic acids is 1. The highest BCUT2D eigenvalue weighted by atomic mass is 35.5. The monoisotopic (exact) mass is 386 g/mol. The molecule has 1 aliphatic carbocycles. The number of carbonyl (C=O) groups is 1. The second-order valence-electron chi connectivity index (χ2n) is 7.15. The Kier molecular flexibility index (Phi) is 7.04. The van der Waals surface area contributed by atoms with Crippen LogP contribution in [0, 0.1) is 6.92 Å². The van der Waals surface area contributed by atoms with Gasteiger partial charge in [0.05, 0.1) is 0 Å². The van der Waals surface area contributed by atoms with Crippen molar-refractivity contribution in [2.75, 3.05) is 11.9 Å². The molecule has 0 unspecified atom stereocenters. The molecule has 0 saturated heterocycles. The minimum Gasteiger partial charge on any atom is -0.370 e. The molecule has 0 aliphatic heterocycles. The predicted octanol–water partition coefficient (Wildman–Crippen LogP) is 4.55. The topological polar surface area (TPSA) is 66.9 Å². The summed E-state index contributed by atoms with van der Waals surface area (Å²) in [6.45, 7) is 2.52. The number of halogens is 1. The van der Waals surface area contributed by atoms with Gasteiger partial charge in [-0.05, 0) is 43.9 Å². The number of hydrogen-bond acceptors (Lipinski definition) is 4. The third kappa shape index (κ3) is 6.21. The molecule has 1 heterocycles. The van der Waals surface area contributed by atoms with Gasteiger partial charge in [-0.2, -0.15) is 0 Å². The summed E-state index contributed by atoms with van der Waals surface area (Å²) in [6, 6.07) is 9.81. The van der Waals surface area contributed by atoms with E-state index in [1.54, 1.807) is 6.07 Å². The first-order valence-corrected chi connectivity index (χ1v) is 10.1. The van der Waals surface area contributed by atoms with Crippen molar-refractivity contribution < 1.29 is 4.79 Å². The number of rotatable bonds is 6. The quantitative estimate of drug-likeness (QED) is 0.715. The lowest BCUT2D eigenvalue weighted by molar-refractivity contribution is 0.0928. The standard InChI is InChI=1S/C21H27ClN4O/c1-15-24-19(21(27)26-18-9-4-2-3-5-10-18)14-20(25-15)23-12-11-16-7-6-8-17(22)13-16/h6-8,13-14,18H,2-5,9-12H2,1H3,(H,26,27)(H,23,24,25). The van der Waals surface area contributed by atoms with Crippen LogP contribution < -0.4 is 10.6 Å². The third-order valence-corrected chi connectivity index (χ3v) is 5.10. The van der Waals surface area contributed by atoms with Gasteiger partial charge in [0.2, 0.25) is 0 Å². The highest BCUT2D eigenvalue weighted by molar-refractivity contribution is 6.30. The van der Waals surface area contributed by atoms with Crippen molar-refractivity contribution in [3.05, 3.63) is 52.4 Å². The van der Waals surface area contributed by atoms with Crippen LogP contribution >= 0.6 is 11.6 Å². The van der Waals surface area contributed by atoms with E-state index in [1.807, 2.05) is 31.2 Å². The van der Waals surface area contributed by atoms with Crippen molar-refractivity contribution in [2.24, 2.45) is 0 Å². The van der Waals surface area contributed by atoms with E-state index in [1.165, 1.54) is 25.7 Å². The Morgan fingerprint density at radius 1 is 1.15 bits per heavy atom. The summed E-state index contributed by atoms with van der Waals surface area (Å²) in [6.07, 6.45) is 7.84. The van der Waals surface area contributed by atoms with Crippen molar-refractivity contribution in [1.82, 2.24) is 15.3 Å². The second kappa shape index (κ2) is 9.70. The van der Waals surface area contributed by atoms with Crippen LogP contribution in [0.1, 0.15) is 60.4 Å². The Balaban J connectivity index is 1.58. The van der Waals surface area contributed by atoms with Gasteiger partial charge in [-0.25, -0.2) is 9.97 Å². The summed E-state index contributed by atoms with van der Waals surface area (Å²) in [7, 11) is 0. The van der Waals surface area contributed by atoms with E-state index >= 15 is 0 Å². The molecule has 1 aromatic heterocycles. The Hall–Kier alpha value is -2.14. The molecule has 6 heteroatoms. The number of aryl methyl sites for hydroxylation is 1. The van der Waals surface area contributed by atoms with E-state index in [-0.39, 0.29) is 11.9 Å². The van der Waals surface area contributed by atoms with Crippen LogP contribution in [0.3, 0.4) is 0 Å². The molecule has 2 aromatic rings. The summed E-state index contributed by atoms with van der Waals surface area (Å²) < 4.78 is 0. The molecule has 0 radical (unpaired) electrons. The molecule has 0 spiro atoms. The number of amides is 1. The molecule has 1 aliphatic rings. The van der Waals surface area contributed by atoms with Crippen LogP contribution in [-0.4, -0.2) is 28.5 Å². The van der Waals surface area contributed by atoms with Gasteiger partial charge >= 0.3 is 0 Å². The molecule has 1 saturated carbocycles. The summed E-state index contributed by atoms with van der Waals surface area (Å²) in [5, 5.41) is 7.17. The highest BCUT2D eigenvalue weighted by Crippen LogP contribution is 2.18. The second-order valence-corrected chi connectivity index (χ2v) is 7.59. The van der Waals surface area contributed by atoms with E-state index in [0.717, 1.165) is 29.8 Å². The molecule has 1 aromatic carbocycles. The summed E-state index contributed by atoms with van der Waals surface area (Å²) in [5.41, 5.74) is 1.59. The molecular formula is C21H27ClN4O. The molecule has 2 N–H and O–H groups in total. The maximum atomic E-state index is 12.6. The fourth-order valence-electron chi connectivity index (χ4n) is 3.48. The number of benzene rings is 1. The van der Waals surface area contributed by atoms with Crippen molar-refractivity contribution in [3.63, 3.8) is 0 Å². The SMILES string of the molecule is Cc1nc(NCCc2cccc(Cl)c2)cc(C(=O)NC2CCCCCC2)n1. The fourth-order valence-corrected chi connectivity index (χ4v) is 3.70. The van der Waals surface area contributed by atoms with E-state index < -0.39 is 0 Å². The maximum absolute atomic E-state index is 12.6. The zero-order valence-electron chi connectivity index (χ0n) is 15.8. The van der Waals surface area contributed by atoms with E-state index in [9.17, 15) is 4.79 Å². The Morgan fingerprint density at radius 2 is 1.93 bits per heavy atom. The minimum atomic E-state index is -0.106. The molecule has 1 fully saturated rings. The first kappa shape index (κ1) is 19.6. The lowest BCUT2D eigenvalue weighted by atomic mass is 10.1. The van der Waals surface area contributed by atoms with Gasteiger partial charge in [-0.3, -0.25) is 4.79 Å². The molecule has 5 nitrogen and oxygen atoms in total. The lowest BCUT2D eigenvalue weighted by Gasteiger charge is -2.16. The Labute approximate surface area is 166 Å². The minimum absolute atomic E-state index is 0.106. The highest BCUT2D eigenvalue weighted by Gasteiger charge is 2.17. The number of nitrogens with zero attached hydrogens (tertiary/aromatic N) is 2. The van der Waals surface area contributed by atoms with Gasteiger partial charge in [0.1, 0.15) is 17.3 Å². The smallest absolute Gasteiger partial charge is 0.270 e. The van der Waals surface area contributed by atoms with Gasteiger partial charge in [-0.1, -0.05) is 49.4 Å². The number of anilines is 1. The summed E-state index contributed by atoms with van der Waals surface area (Å²) in [5.74, 6) is 1.16. The molecule has 0 bridgehead atoms. The van der Waals surface area contributed by atoms with Crippen LogP contribution in [0.25, 0.3) is 0 Å². The van der Waals surface area contributed by atoms with Crippen LogP contribution in [0.15, 0.2) is 30.3 Å². The Bertz CT molecular complexity index is 773. The van der Waals surface area contributed by atoms with Crippen LogP contribution in [0.5, 0.6) is 0 Å².